The molecule has 0 saturated heterocycles. The van der Waals surface area contributed by atoms with Crippen molar-refractivity contribution in [2.75, 3.05) is 0 Å². The highest BCUT2D eigenvalue weighted by Gasteiger charge is 2.25. The standard InChI is InChI=1S/C14H14N2O2/c1-9-2-5-11(6-12(9)14(17)18)16-7-13(15-8-16)10-3-4-10/h2,5-8,10H,3-4H2,1H3,(H,17,18). The number of carbonyl (C=O) groups is 1. The van der Waals surface area contributed by atoms with Gasteiger partial charge in [-0.15, -0.1) is 0 Å². The van der Waals surface area contributed by atoms with Crippen molar-refractivity contribution in [3.63, 3.8) is 0 Å². The van der Waals surface area contributed by atoms with Crippen molar-refractivity contribution < 1.29 is 9.90 Å². The van der Waals surface area contributed by atoms with Crippen molar-refractivity contribution in [1.82, 2.24) is 9.55 Å². The Morgan fingerprint density at radius 2 is 2.22 bits per heavy atom. The monoisotopic (exact) mass is 242 g/mol. The summed E-state index contributed by atoms with van der Waals surface area (Å²) < 4.78 is 1.89. The molecule has 0 radical (unpaired) electrons. The molecule has 0 unspecified atom stereocenters. The van der Waals surface area contributed by atoms with Gasteiger partial charge in [-0.1, -0.05) is 6.07 Å². The van der Waals surface area contributed by atoms with Crippen LogP contribution in [-0.4, -0.2) is 20.6 Å². The summed E-state index contributed by atoms with van der Waals surface area (Å²) in [4.78, 5) is 15.5. The summed E-state index contributed by atoms with van der Waals surface area (Å²) in [5.74, 6) is -0.285. The van der Waals surface area contributed by atoms with E-state index < -0.39 is 5.97 Å². The summed E-state index contributed by atoms with van der Waals surface area (Å²) >= 11 is 0. The highest BCUT2D eigenvalue weighted by atomic mass is 16.4. The average molecular weight is 242 g/mol. The molecule has 0 amide bonds. The number of imidazole rings is 1. The minimum absolute atomic E-state index is 0.342. The van der Waals surface area contributed by atoms with Crippen LogP contribution in [0.25, 0.3) is 5.69 Å². The van der Waals surface area contributed by atoms with Crippen LogP contribution in [-0.2, 0) is 0 Å². The second-order valence-corrected chi connectivity index (χ2v) is 4.78. The van der Waals surface area contributed by atoms with E-state index in [0.717, 1.165) is 16.9 Å². The Hall–Kier alpha value is -2.10. The maximum absolute atomic E-state index is 11.1. The van der Waals surface area contributed by atoms with Gasteiger partial charge in [0.05, 0.1) is 17.6 Å². The van der Waals surface area contributed by atoms with E-state index in [1.807, 2.05) is 22.9 Å². The normalized spacial score (nSPS) is 14.7. The number of aryl methyl sites for hydroxylation is 1. The molecule has 92 valence electrons. The van der Waals surface area contributed by atoms with Crippen molar-refractivity contribution in [2.24, 2.45) is 0 Å². The van der Waals surface area contributed by atoms with Crippen molar-refractivity contribution in [3.05, 3.63) is 47.5 Å². The summed E-state index contributed by atoms with van der Waals surface area (Å²) in [6.07, 6.45) is 6.18. The molecular formula is C14H14N2O2. The van der Waals surface area contributed by atoms with Crippen LogP contribution in [0.1, 0.15) is 40.4 Å². The molecule has 1 aromatic carbocycles. The van der Waals surface area contributed by atoms with Gasteiger partial charge in [0.25, 0.3) is 0 Å². The Kier molecular flexibility index (Phi) is 2.44. The largest absolute Gasteiger partial charge is 0.478 e. The summed E-state index contributed by atoms with van der Waals surface area (Å²) in [7, 11) is 0. The molecule has 1 saturated carbocycles. The predicted molar refractivity (Wildman–Crippen MR) is 67.2 cm³/mol. The van der Waals surface area contributed by atoms with E-state index in [9.17, 15) is 4.79 Å². The van der Waals surface area contributed by atoms with Gasteiger partial charge in [0.15, 0.2) is 0 Å². The molecular weight excluding hydrogens is 228 g/mol. The number of nitrogens with zero attached hydrogens (tertiary/aromatic N) is 2. The molecule has 1 aromatic heterocycles. The SMILES string of the molecule is Cc1ccc(-n2cnc(C3CC3)c2)cc1C(=O)O. The third-order valence-corrected chi connectivity index (χ3v) is 3.35. The lowest BCUT2D eigenvalue weighted by molar-refractivity contribution is 0.0696. The number of aromatic carboxylic acids is 1. The van der Waals surface area contributed by atoms with Gasteiger partial charge in [-0.05, 0) is 37.5 Å². The molecule has 0 aliphatic heterocycles. The summed E-state index contributed by atoms with van der Waals surface area (Å²) in [6, 6.07) is 5.44. The first-order valence-electron chi connectivity index (χ1n) is 6.03. The zero-order valence-corrected chi connectivity index (χ0v) is 10.1. The molecule has 1 fully saturated rings. The van der Waals surface area contributed by atoms with Crippen molar-refractivity contribution >= 4 is 5.97 Å². The van der Waals surface area contributed by atoms with E-state index in [-0.39, 0.29) is 0 Å². The zero-order valence-electron chi connectivity index (χ0n) is 10.1. The number of rotatable bonds is 3. The van der Waals surface area contributed by atoms with Gasteiger partial charge in [-0.3, -0.25) is 0 Å². The summed E-state index contributed by atoms with van der Waals surface area (Å²) in [5.41, 5.74) is 3.06. The van der Waals surface area contributed by atoms with Crippen molar-refractivity contribution in [1.29, 1.82) is 0 Å². The van der Waals surface area contributed by atoms with Crippen LogP contribution in [0.15, 0.2) is 30.7 Å². The van der Waals surface area contributed by atoms with Crippen LogP contribution in [0.3, 0.4) is 0 Å². The number of hydrogen-bond acceptors (Lipinski definition) is 2. The van der Waals surface area contributed by atoms with Gasteiger partial charge in [0.1, 0.15) is 0 Å². The molecule has 1 aliphatic carbocycles. The van der Waals surface area contributed by atoms with Crippen LogP contribution in [0.4, 0.5) is 0 Å². The number of aromatic nitrogens is 2. The lowest BCUT2D eigenvalue weighted by atomic mass is 10.1. The molecule has 0 atom stereocenters. The number of carboxylic acids is 1. The van der Waals surface area contributed by atoms with E-state index >= 15 is 0 Å². The van der Waals surface area contributed by atoms with Gasteiger partial charge < -0.3 is 9.67 Å². The highest BCUT2D eigenvalue weighted by Crippen LogP contribution is 2.39. The zero-order chi connectivity index (χ0) is 12.7. The van der Waals surface area contributed by atoms with E-state index in [1.54, 1.807) is 19.3 Å². The maximum Gasteiger partial charge on any atom is 0.336 e. The smallest absolute Gasteiger partial charge is 0.336 e. The van der Waals surface area contributed by atoms with Gasteiger partial charge in [-0.25, -0.2) is 9.78 Å². The van der Waals surface area contributed by atoms with E-state index in [2.05, 4.69) is 4.98 Å². The fourth-order valence-corrected chi connectivity index (χ4v) is 2.07. The molecule has 1 N–H and O–H groups in total. The quantitative estimate of drug-likeness (QED) is 0.900. The van der Waals surface area contributed by atoms with E-state index in [1.165, 1.54) is 12.8 Å². The molecule has 0 spiro atoms. The van der Waals surface area contributed by atoms with Crippen LogP contribution < -0.4 is 0 Å². The molecule has 1 heterocycles. The first kappa shape index (κ1) is 11.0. The first-order chi connectivity index (χ1) is 8.65. The fraction of sp³-hybridized carbons (Fsp3) is 0.286. The Morgan fingerprint density at radius 3 is 2.89 bits per heavy atom. The van der Waals surface area contributed by atoms with Gasteiger partial charge >= 0.3 is 5.97 Å². The van der Waals surface area contributed by atoms with Gasteiger partial charge in [0, 0.05) is 17.8 Å². The summed E-state index contributed by atoms with van der Waals surface area (Å²) in [5, 5.41) is 9.12. The van der Waals surface area contributed by atoms with E-state index in [0.29, 0.717) is 11.5 Å². The lowest BCUT2D eigenvalue weighted by Gasteiger charge is -2.05. The van der Waals surface area contributed by atoms with Crippen molar-refractivity contribution in [3.8, 4) is 5.69 Å². The minimum Gasteiger partial charge on any atom is -0.478 e. The molecule has 2 aromatic rings. The summed E-state index contributed by atoms with van der Waals surface area (Å²) in [6.45, 7) is 1.80. The molecule has 1 aliphatic rings. The van der Waals surface area contributed by atoms with Gasteiger partial charge in [0.2, 0.25) is 0 Å². The second kappa shape index (κ2) is 3.98. The Labute approximate surface area is 105 Å². The van der Waals surface area contributed by atoms with Crippen molar-refractivity contribution in [2.45, 2.75) is 25.7 Å². The average Bonchev–Trinajstić information content (AvgIpc) is 3.08. The predicted octanol–water partition coefficient (Wildman–Crippen LogP) is 2.76. The van der Waals surface area contributed by atoms with Crippen LogP contribution in [0.5, 0.6) is 0 Å². The third kappa shape index (κ3) is 1.90. The number of hydrogen-bond donors (Lipinski definition) is 1. The molecule has 4 heteroatoms. The fourth-order valence-electron chi connectivity index (χ4n) is 2.07. The topological polar surface area (TPSA) is 55.1 Å². The molecule has 4 nitrogen and oxygen atoms in total. The Balaban J connectivity index is 1.99. The highest BCUT2D eigenvalue weighted by molar-refractivity contribution is 5.90. The van der Waals surface area contributed by atoms with Crippen LogP contribution >= 0.6 is 0 Å². The maximum atomic E-state index is 11.1. The molecule has 3 rings (SSSR count). The molecule has 18 heavy (non-hydrogen) atoms. The Bertz CT molecular complexity index is 612. The third-order valence-electron chi connectivity index (χ3n) is 3.35. The van der Waals surface area contributed by atoms with Gasteiger partial charge in [-0.2, -0.15) is 0 Å². The van der Waals surface area contributed by atoms with E-state index in [4.69, 9.17) is 5.11 Å². The second-order valence-electron chi connectivity index (χ2n) is 4.78. The molecule has 0 bridgehead atoms. The van der Waals surface area contributed by atoms with Crippen LogP contribution in [0.2, 0.25) is 0 Å². The first-order valence-corrected chi connectivity index (χ1v) is 6.03. The number of carboxylic acid groups (broad SMARTS) is 1. The lowest BCUT2D eigenvalue weighted by Crippen LogP contribution is -2.01. The Morgan fingerprint density at radius 1 is 1.44 bits per heavy atom. The minimum atomic E-state index is -0.892. The van der Waals surface area contributed by atoms with Crippen LogP contribution in [0, 0.1) is 6.92 Å². The number of benzene rings is 1.